The molecule has 0 radical (unpaired) electrons. The van der Waals surface area contributed by atoms with Gasteiger partial charge in [-0.1, -0.05) is 84.0 Å². The third-order valence-electron chi connectivity index (χ3n) is 5.99. The van der Waals surface area contributed by atoms with Crippen molar-refractivity contribution < 1.29 is 14.6 Å². The maximum atomic E-state index is 11.1. The smallest absolute Gasteiger partial charge is 0.317 e. The maximum absolute atomic E-state index is 11.1. The molecular weight excluding hydrogens is 378 g/mol. The average Bonchev–Trinajstić information content (AvgIpc) is 3.13. The van der Waals surface area contributed by atoms with Gasteiger partial charge in [0.1, 0.15) is 0 Å². The van der Waals surface area contributed by atoms with Crippen LogP contribution in [0.5, 0.6) is 0 Å². The van der Waals surface area contributed by atoms with Crippen molar-refractivity contribution in [2.24, 2.45) is 4.99 Å². The van der Waals surface area contributed by atoms with E-state index in [0.29, 0.717) is 13.2 Å². The normalized spacial score (nSPS) is 19.0. The molecule has 0 aromatic carbocycles. The van der Waals surface area contributed by atoms with E-state index in [9.17, 15) is 4.79 Å². The van der Waals surface area contributed by atoms with Crippen LogP contribution in [0.25, 0.3) is 0 Å². The van der Waals surface area contributed by atoms with Gasteiger partial charge in [0.05, 0.1) is 13.2 Å². The Labute approximate surface area is 184 Å². The quantitative estimate of drug-likeness (QED) is 0.247. The predicted octanol–water partition coefficient (Wildman–Crippen LogP) is 5.22. The molecule has 6 heteroatoms. The number of aliphatic carboxylic acids is 1. The standard InChI is InChI=1S/C24H47N3O3/c1-3-5-6-7-8-9-10-11-12-13-14-15-16-17-24(26-22-23(28)29)25-18-19-27(24)20-21-30-4-2/h18,26H,3-17,19-22H2,1-2H3,(H,28,29). The molecule has 0 saturated heterocycles. The van der Waals surface area contributed by atoms with Gasteiger partial charge in [0, 0.05) is 32.3 Å². The van der Waals surface area contributed by atoms with E-state index in [1.54, 1.807) is 0 Å². The van der Waals surface area contributed by atoms with Crippen molar-refractivity contribution in [2.75, 3.05) is 32.8 Å². The Morgan fingerprint density at radius 3 is 2.10 bits per heavy atom. The molecule has 0 amide bonds. The molecule has 1 heterocycles. The number of nitrogens with zero attached hydrogens (tertiary/aromatic N) is 2. The Morgan fingerprint density at radius 1 is 1.00 bits per heavy atom. The molecule has 1 rings (SSSR count). The van der Waals surface area contributed by atoms with Gasteiger partial charge in [0.25, 0.3) is 0 Å². The predicted molar refractivity (Wildman–Crippen MR) is 125 cm³/mol. The molecular formula is C24H47N3O3. The number of aliphatic imine (C=N–C) groups is 1. The summed E-state index contributed by atoms with van der Waals surface area (Å²) < 4.78 is 5.50. The van der Waals surface area contributed by atoms with Gasteiger partial charge >= 0.3 is 5.97 Å². The second-order valence-electron chi connectivity index (χ2n) is 8.51. The number of nitrogens with one attached hydrogen (secondary N) is 1. The molecule has 0 saturated carbocycles. The zero-order valence-corrected chi connectivity index (χ0v) is 19.7. The Bertz CT molecular complexity index is 459. The summed E-state index contributed by atoms with van der Waals surface area (Å²) in [6.45, 7) is 7.05. The van der Waals surface area contributed by atoms with Crippen LogP contribution in [-0.2, 0) is 9.53 Å². The van der Waals surface area contributed by atoms with E-state index in [1.807, 2.05) is 13.1 Å². The number of carbonyl (C=O) groups is 1. The first-order valence-electron chi connectivity index (χ1n) is 12.5. The highest BCUT2D eigenvalue weighted by Gasteiger charge is 2.38. The van der Waals surface area contributed by atoms with Gasteiger partial charge in [0.15, 0.2) is 5.79 Å². The summed E-state index contributed by atoms with van der Waals surface area (Å²) in [5.74, 6) is -1.42. The van der Waals surface area contributed by atoms with Crippen LogP contribution in [0, 0.1) is 0 Å². The number of rotatable bonds is 21. The van der Waals surface area contributed by atoms with E-state index in [0.717, 1.165) is 25.9 Å². The zero-order valence-electron chi connectivity index (χ0n) is 19.7. The third-order valence-corrected chi connectivity index (χ3v) is 5.99. The van der Waals surface area contributed by atoms with Crippen LogP contribution >= 0.6 is 0 Å². The lowest BCUT2D eigenvalue weighted by Gasteiger charge is -2.37. The minimum atomic E-state index is -0.841. The van der Waals surface area contributed by atoms with Gasteiger partial charge in [-0.05, 0) is 13.3 Å². The van der Waals surface area contributed by atoms with Crippen molar-refractivity contribution in [2.45, 2.75) is 110 Å². The van der Waals surface area contributed by atoms with Crippen LogP contribution in [0.1, 0.15) is 104 Å². The van der Waals surface area contributed by atoms with Crippen LogP contribution in [0.2, 0.25) is 0 Å². The van der Waals surface area contributed by atoms with E-state index in [1.165, 1.54) is 77.0 Å². The summed E-state index contributed by atoms with van der Waals surface area (Å²) in [5, 5.41) is 12.3. The van der Waals surface area contributed by atoms with E-state index in [2.05, 4.69) is 22.1 Å². The molecule has 1 aliphatic rings. The first-order chi connectivity index (χ1) is 14.6. The molecule has 0 fully saturated rings. The van der Waals surface area contributed by atoms with E-state index >= 15 is 0 Å². The van der Waals surface area contributed by atoms with Gasteiger partial charge in [-0.3, -0.25) is 20.0 Å². The number of unbranched alkanes of at least 4 members (excludes halogenated alkanes) is 12. The molecule has 1 atom stereocenters. The lowest BCUT2D eigenvalue weighted by molar-refractivity contribution is -0.137. The molecule has 0 spiro atoms. The minimum absolute atomic E-state index is 0.0685. The maximum Gasteiger partial charge on any atom is 0.317 e. The summed E-state index contributed by atoms with van der Waals surface area (Å²) in [4.78, 5) is 18.0. The highest BCUT2D eigenvalue weighted by molar-refractivity contribution is 5.69. The fourth-order valence-corrected chi connectivity index (χ4v) is 4.19. The van der Waals surface area contributed by atoms with Crippen LogP contribution in [-0.4, -0.2) is 60.8 Å². The second-order valence-corrected chi connectivity index (χ2v) is 8.51. The average molecular weight is 426 g/mol. The topological polar surface area (TPSA) is 74.2 Å². The summed E-state index contributed by atoms with van der Waals surface area (Å²) >= 11 is 0. The SMILES string of the molecule is CCCCCCCCCCCCCCCC1(NCC(=O)O)N=CCN1CCOCC. The highest BCUT2D eigenvalue weighted by atomic mass is 16.5. The van der Waals surface area contributed by atoms with Crippen molar-refractivity contribution in [3.63, 3.8) is 0 Å². The van der Waals surface area contributed by atoms with Gasteiger partial charge < -0.3 is 9.84 Å². The lowest BCUT2D eigenvalue weighted by atomic mass is 10.0. The van der Waals surface area contributed by atoms with Gasteiger partial charge in [-0.15, -0.1) is 0 Å². The van der Waals surface area contributed by atoms with Crippen LogP contribution in [0.15, 0.2) is 4.99 Å². The van der Waals surface area contributed by atoms with Crippen LogP contribution in [0.4, 0.5) is 0 Å². The van der Waals surface area contributed by atoms with Gasteiger partial charge in [0.2, 0.25) is 0 Å². The lowest BCUT2D eigenvalue weighted by Crippen LogP contribution is -2.57. The number of hydrogen-bond donors (Lipinski definition) is 2. The molecule has 6 nitrogen and oxygen atoms in total. The molecule has 0 aromatic rings. The van der Waals surface area contributed by atoms with E-state index in [4.69, 9.17) is 9.84 Å². The van der Waals surface area contributed by atoms with Gasteiger partial charge in [-0.25, -0.2) is 0 Å². The second kappa shape index (κ2) is 17.7. The monoisotopic (exact) mass is 425 g/mol. The fourth-order valence-electron chi connectivity index (χ4n) is 4.19. The van der Waals surface area contributed by atoms with E-state index < -0.39 is 11.8 Å². The molecule has 176 valence electrons. The van der Waals surface area contributed by atoms with Crippen molar-refractivity contribution in [1.29, 1.82) is 0 Å². The molecule has 0 bridgehead atoms. The van der Waals surface area contributed by atoms with Crippen molar-refractivity contribution in [3.05, 3.63) is 0 Å². The van der Waals surface area contributed by atoms with Crippen LogP contribution < -0.4 is 5.32 Å². The number of carboxylic acids is 1. The molecule has 1 aliphatic heterocycles. The van der Waals surface area contributed by atoms with Gasteiger partial charge in [-0.2, -0.15) is 0 Å². The summed E-state index contributed by atoms with van der Waals surface area (Å²) in [6.07, 6.45) is 20.0. The minimum Gasteiger partial charge on any atom is -0.480 e. The number of ether oxygens (including phenoxy) is 1. The molecule has 0 aliphatic carbocycles. The molecule has 2 N–H and O–H groups in total. The van der Waals surface area contributed by atoms with Crippen molar-refractivity contribution in [1.82, 2.24) is 10.2 Å². The van der Waals surface area contributed by atoms with Crippen LogP contribution in [0.3, 0.4) is 0 Å². The first kappa shape index (κ1) is 27.1. The largest absolute Gasteiger partial charge is 0.480 e. The number of hydrogen-bond acceptors (Lipinski definition) is 5. The molecule has 1 unspecified atom stereocenters. The Kier molecular flexibility index (Phi) is 15.9. The van der Waals surface area contributed by atoms with Crippen molar-refractivity contribution in [3.8, 4) is 0 Å². The fraction of sp³-hybridized carbons (Fsp3) is 0.917. The van der Waals surface area contributed by atoms with E-state index in [-0.39, 0.29) is 6.54 Å². The Hall–Kier alpha value is -0.980. The summed E-state index contributed by atoms with van der Waals surface area (Å²) in [6, 6.07) is 0. The Morgan fingerprint density at radius 2 is 1.57 bits per heavy atom. The molecule has 0 aromatic heterocycles. The molecule has 30 heavy (non-hydrogen) atoms. The zero-order chi connectivity index (χ0) is 21.9. The van der Waals surface area contributed by atoms with Crippen molar-refractivity contribution >= 4 is 12.2 Å². The summed E-state index contributed by atoms with van der Waals surface area (Å²) in [5.41, 5.74) is 0. The Balaban J connectivity index is 2.18. The first-order valence-corrected chi connectivity index (χ1v) is 12.5. The third kappa shape index (κ3) is 12.0. The highest BCUT2D eigenvalue weighted by Crippen LogP contribution is 2.25. The number of carboxylic acid groups (broad SMARTS) is 1. The summed E-state index contributed by atoms with van der Waals surface area (Å²) in [7, 11) is 0.